The Bertz CT molecular complexity index is 522. The Hall–Kier alpha value is -0.890. The number of ether oxygens (including phenoxy) is 2. The molecular weight excluding hydrogens is 390 g/mol. The molecule has 3 aliphatic heterocycles. The quantitative estimate of drug-likeness (QED) is 0.464. The Kier molecular flexibility index (Phi) is 10.4. The van der Waals surface area contributed by atoms with Crippen molar-refractivity contribution < 1.29 is 9.47 Å². The zero-order valence-corrected chi connectivity index (χ0v) is 20.5. The van der Waals surface area contributed by atoms with Gasteiger partial charge in [0.25, 0.3) is 0 Å². The molecule has 3 saturated heterocycles. The van der Waals surface area contributed by atoms with Crippen LogP contribution in [0.3, 0.4) is 0 Å². The molecule has 2 unspecified atom stereocenters. The first-order chi connectivity index (χ1) is 15.1. The van der Waals surface area contributed by atoms with Crippen LogP contribution in [0.1, 0.15) is 52.9 Å². The van der Waals surface area contributed by atoms with Gasteiger partial charge in [-0.25, -0.2) is 0 Å². The van der Waals surface area contributed by atoms with Crippen LogP contribution >= 0.6 is 0 Å². The minimum absolute atomic E-state index is 0.313. The van der Waals surface area contributed by atoms with Crippen molar-refractivity contribution in [3.8, 4) is 0 Å². The first-order valence-corrected chi connectivity index (χ1v) is 12.8. The van der Waals surface area contributed by atoms with Gasteiger partial charge in [-0.2, -0.15) is 0 Å². The molecule has 3 heterocycles. The topological polar surface area (TPSA) is 52.6 Å². The van der Waals surface area contributed by atoms with E-state index in [2.05, 4.69) is 47.8 Å². The lowest BCUT2D eigenvalue weighted by Crippen LogP contribution is -2.52. The van der Waals surface area contributed by atoms with Crippen molar-refractivity contribution in [1.29, 1.82) is 0 Å². The van der Waals surface area contributed by atoms with E-state index >= 15 is 0 Å². The lowest BCUT2D eigenvalue weighted by molar-refractivity contribution is -0.0721. The summed E-state index contributed by atoms with van der Waals surface area (Å²) in [5.41, 5.74) is 0. The van der Waals surface area contributed by atoms with Crippen molar-refractivity contribution in [3.05, 3.63) is 0 Å². The molecule has 31 heavy (non-hydrogen) atoms. The summed E-state index contributed by atoms with van der Waals surface area (Å²) in [6.07, 6.45) is 6.45. The summed E-state index contributed by atoms with van der Waals surface area (Å²) in [4.78, 5) is 12.6. The van der Waals surface area contributed by atoms with Crippen molar-refractivity contribution in [3.63, 3.8) is 0 Å². The zero-order chi connectivity index (χ0) is 22.1. The van der Waals surface area contributed by atoms with Crippen molar-refractivity contribution in [2.45, 2.75) is 71.1 Å². The number of hydrogen-bond donors (Lipinski definition) is 1. The lowest BCUT2D eigenvalue weighted by Gasteiger charge is -2.39. The monoisotopic (exact) mass is 437 g/mol. The van der Waals surface area contributed by atoms with Gasteiger partial charge in [0.15, 0.2) is 5.96 Å². The maximum Gasteiger partial charge on any atom is 0.193 e. The van der Waals surface area contributed by atoms with Crippen LogP contribution in [0.5, 0.6) is 0 Å². The minimum Gasteiger partial charge on any atom is -0.376 e. The molecule has 0 radical (unpaired) electrons. The van der Waals surface area contributed by atoms with Crippen LogP contribution in [-0.4, -0.2) is 112 Å². The number of aliphatic imine (C=N–C) groups is 1. The summed E-state index contributed by atoms with van der Waals surface area (Å²) in [7, 11) is 2.22. The van der Waals surface area contributed by atoms with Gasteiger partial charge in [-0.15, -0.1) is 0 Å². The number of likely N-dealkylation sites (tertiary alicyclic amines) is 1. The molecule has 0 amide bonds. The van der Waals surface area contributed by atoms with Gasteiger partial charge in [-0.3, -0.25) is 9.89 Å². The molecule has 3 rings (SSSR count). The average molecular weight is 438 g/mol. The van der Waals surface area contributed by atoms with E-state index in [1.807, 2.05) is 0 Å². The standard InChI is InChI=1S/C24H47N5O2/c1-5-25-24(26-18-23(20(2)3)28-15-13-27(4)14-16-28)29-11-9-21(10-12-29)31-19-22-8-6-7-17-30-22/h20-23H,5-19H2,1-4H3,(H,25,26). The summed E-state index contributed by atoms with van der Waals surface area (Å²) in [6.45, 7) is 16.9. The molecule has 1 N–H and O–H groups in total. The third-order valence-electron chi connectivity index (χ3n) is 7.07. The average Bonchev–Trinajstić information content (AvgIpc) is 2.79. The molecule has 0 saturated carbocycles. The number of piperidine rings is 1. The summed E-state index contributed by atoms with van der Waals surface area (Å²) >= 11 is 0. The van der Waals surface area contributed by atoms with Gasteiger partial charge in [0.2, 0.25) is 0 Å². The first-order valence-electron chi connectivity index (χ1n) is 12.8. The molecule has 0 bridgehead atoms. The third-order valence-corrected chi connectivity index (χ3v) is 7.07. The highest BCUT2D eigenvalue weighted by atomic mass is 16.5. The van der Waals surface area contributed by atoms with E-state index < -0.39 is 0 Å². The molecule has 0 spiro atoms. The highest BCUT2D eigenvalue weighted by Crippen LogP contribution is 2.19. The summed E-state index contributed by atoms with van der Waals surface area (Å²) in [5.74, 6) is 1.69. The predicted molar refractivity (Wildman–Crippen MR) is 128 cm³/mol. The second-order valence-electron chi connectivity index (χ2n) is 9.85. The molecule has 0 aliphatic carbocycles. The first kappa shape index (κ1) is 24.7. The number of rotatable bonds is 8. The Morgan fingerprint density at radius 2 is 1.81 bits per heavy atom. The smallest absolute Gasteiger partial charge is 0.193 e. The number of nitrogens with one attached hydrogen (secondary N) is 1. The maximum atomic E-state index is 6.21. The molecule has 0 aromatic carbocycles. The van der Waals surface area contributed by atoms with Crippen LogP contribution in [-0.2, 0) is 9.47 Å². The van der Waals surface area contributed by atoms with Gasteiger partial charge >= 0.3 is 0 Å². The van der Waals surface area contributed by atoms with E-state index in [9.17, 15) is 0 Å². The number of nitrogens with zero attached hydrogens (tertiary/aromatic N) is 4. The van der Waals surface area contributed by atoms with Crippen LogP contribution in [0.2, 0.25) is 0 Å². The third kappa shape index (κ3) is 7.88. The van der Waals surface area contributed by atoms with Crippen LogP contribution in [0.25, 0.3) is 0 Å². The normalized spacial score (nSPS) is 26.4. The highest BCUT2D eigenvalue weighted by Gasteiger charge is 2.27. The Morgan fingerprint density at radius 1 is 1.06 bits per heavy atom. The van der Waals surface area contributed by atoms with Crippen LogP contribution in [0.4, 0.5) is 0 Å². The molecular formula is C24H47N5O2. The van der Waals surface area contributed by atoms with E-state index in [4.69, 9.17) is 14.5 Å². The van der Waals surface area contributed by atoms with Gasteiger partial charge in [0.1, 0.15) is 0 Å². The fourth-order valence-corrected chi connectivity index (χ4v) is 4.92. The van der Waals surface area contributed by atoms with Crippen LogP contribution in [0.15, 0.2) is 4.99 Å². The summed E-state index contributed by atoms with van der Waals surface area (Å²) in [5, 5.41) is 3.54. The molecule has 180 valence electrons. The van der Waals surface area contributed by atoms with Crippen molar-refractivity contribution >= 4 is 5.96 Å². The number of likely N-dealkylation sites (N-methyl/N-ethyl adjacent to an activating group) is 1. The van der Waals surface area contributed by atoms with E-state index in [0.29, 0.717) is 24.2 Å². The van der Waals surface area contributed by atoms with Gasteiger partial charge in [-0.1, -0.05) is 13.8 Å². The maximum absolute atomic E-state index is 6.21. The van der Waals surface area contributed by atoms with Gasteiger partial charge in [-0.05, 0) is 52.0 Å². The number of piperazine rings is 1. The molecule has 3 aliphatic rings. The van der Waals surface area contributed by atoms with Crippen LogP contribution < -0.4 is 5.32 Å². The van der Waals surface area contributed by atoms with Crippen molar-refractivity contribution in [2.75, 3.05) is 72.6 Å². The van der Waals surface area contributed by atoms with Gasteiger partial charge in [0, 0.05) is 58.5 Å². The second-order valence-corrected chi connectivity index (χ2v) is 9.85. The van der Waals surface area contributed by atoms with Gasteiger partial charge < -0.3 is 24.6 Å². The predicted octanol–water partition coefficient (Wildman–Crippen LogP) is 2.27. The van der Waals surface area contributed by atoms with E-state index in [0.717, 1.165) is 90.8 Å². The molecule has 2 atom stereocenters. The molecule has 7 heteroatoms. The van der Waals surface area contributed by atoms with Gasteiger partial charge in [0.05, 0.1) is 25.4 Å². The fourth-order valence-electron chi connectivity index (χ4n) is 4.92. The summed E-state index contributed by atoms with van der Waals surface area (Å²) in [6, 6.07) is 0.513. The molecule has 7 nitrogen and oxygen atoms in total. The number of guanidine groups is 1. The lowest BCUT2D eigenvalue weighted by atomic mass is 10.0. The number of hydrogen-bond acceptors (Lipinski definition) is 5. The molecule has 0 aromatic heterocycles. The summed E-state index contributed by atoms with van der Waals surface area (Å²) < 4.78 is 12.0. The molecule has 3 fully saturated rings. The highest BCUT2D eigenvalue weighted by molar-refractivity contribution is 5.80. The molecule has 0 aromatic rings. The van der Waals surface area contributed by atoms with E-state index in [1.165, 1.54) is 12.8 Å². The minimum atomic E-state index is 0.313. The van der Waals surface area contributed by atoms with E-state index in [1.54, 1.807) is 0 Å². The Morgan fingerprint density at radius 3 is 2.42 bits per heavy atom. The Labute approximate surface area is 190 Å². The fraction of sp³-hybridized carbons (Fsp3) is 0.958. The second kappa shape index (κ2) is 13.0. The van der Waals surface area contributed by atoms with E-state index in [-0.39, 0.29) is 0 Å². The Balaban J connectivity index is 1.48. The van der Waals surface area contributed by atoms with Crippen LogP contribution in [0, 0.1) is 5.92 Å². The van der Waals surface area contributed by atoms with Crippen molar-refractivity contribution in [1.82, 2.24) is 20.0 Å². The largest absolute Gasteiger partial charge is 0.376 e. The zero-order valence-electron chi connectivity index (χ0n) is 20.5. The SMILES string of the molecule is CCNC(=NCC(C(C)C)N1CCN(C)CC1)N1CCC(OCC2CCCCO2)CC1. The van der Waals surface area contributed by atoms with Crippen molar-refractivity contribution in [2.24, 2.45) is 10.9 Å².